The van der Waals surface area contributed by atoms with Crippen molar-refractivity contribution in [3.63, 3.8) is 0 Å². The molecule has 6 N–H and O–H groups in total. The summed E-state index contributed by atoms with van der Waals surface area (Å²) in [4.78, 5) is 57.1. The van der Waals surface area contributed by atoms with Crippen LogP contribution in [0.5, 0.6) is 5.75 Å². The molecule has 7 atom stereocenters. The Kier molecular flexibility index (Phi) is 7.67. The van der Waals surface area contributed by atoms with Crippen molar-refractivity contribution in [1.82, 2.24) is 10.2 Å². The molecule has 2 fully saturated rings. The van der Waals surface area contributed by atoms with Crippen molar-refractivity contribution < 1.29 is 34.5 Å². The van der Waals surface area contributed by atoms with Gasteiger partial charge in [-0.2, -0.15) is 0 Å². The van der Waals surface area contributed by atoms with Crippen LogP contribution in [-0.2, 0) is 27.3 Å². The first kappa shape index (κ1) is 29.1. The predicted octanol–water partition coefficient (Wildman–Crippen LogP) is -0.530. The number of hydrogen-bond acceptors (Lipinski definition) is 10. The van der Waals surface area contributed by atoms with Crippen molar-refractivity contribution in [2.45, 2.75) is 51.0 Å². The number of hydrogen-bond donors (Lipinski definition) is 5. The molecule has 0 heterocycles. The van der Waals surface area contributed by atoms with Gasteiger partial charge in [0.05, 0.1) is 17.6 Å². The van der Waals surface area contributed by atoms with Gasteiger partial charge < -0.3 is 36.2 Å². The maximum atomic E-state index is 14.0. The molecule has 3 aliphatic carbocycles. The van der Waals surface area contributed by atoms with Gasteiger partial charge in [-0.05, 0) is 56.9 Å². The van der Waals surface area contributed by atoms with Gasteiger partial charge >= 0.3 is 0 Å². The van der Waals surface area contributed by atoms with E-state index in [1.807, 2.05) is 25.1 Å². The molecule has 1 aromatic carbocycles. The Hall–Kier alpha value is -2.86. The number of anilines is 1. The summed E-state index contributed by atoms with van der Waals surface area (Å²) in [6, 6.07) is 0.909. The molecule has 0 radical (unpaired) electrons. The summed E-state index contributed by atoms with van der Waals surface area (Å²) >= 11 is 0. The first-order valence-electron chi connectivity index (χ1n) is 13.4. The normalized spacial score (nSPS) is 32.2. The average Bonchev–Trinajstić information content (AvgIpc) is 2.81. The van der Waals surface area contributed by atoms with Gasteiger partial charge in [0.15, 0.2) is 23.0 Å². The Balaban J connectivity index is 1.83. The molecule has 0 bridgehead atoms. The van der Waals surface area contributed by atoms with Crippen LogP contribution < -0.4 is 16.0 Å². The van der Waals surface area contributed by atoms with Crippen LogP contribution >= 0.6 is 0 Å². The molecule has 1 amide bonds. The second-order valence-corrected chi connectivity index (χ2v) is 12.1. The number of aliphatic hydroxyl groups is 2. The lowest BCUT2D eigenvalue weighted by molar-refractivity contribution is -0.190. The third-order valence-corrected chi connectivity index (χ3v) is 8.70. The Morgan fingerprint density at radius 3 is 2.36 bits per heavy atom. The predicted molar refractivity (Wildman–Crippen MR) is 143 cm³/mol. The number of phenols is 1. The van der Waals surface area contributed by atoms with E-state index in [-0.39, 0.29) is 24.2 Å². The number of nitrogens with two attached hydrogens (primary N) is 1. The third-order valence-electron chi connectivity index (χ3n) is 8.70. The topological polar surface area (TPSA) is 174 Å². The van der Waals surface area contributed by atoms with Gasteiger partial charge in [-0.15, -0.1) is 0 Å². The zero-order valence-corrected chi connectivity index (χ0v) is 23.4. The molecule has 0 aromatic heterocycles. The van der Waals surface area contributed by atoms with E-state index in [9.17, 15) is 34.5 Å². The third kappa shape index (κ3) is 4.45. The molecule has 0 saturated heterocycles. The minimum Gasteiger partial charge on any atom is -0.507 e. The number of Topliss-reactive ketones (excluding diaryl/α,β-unsaturated/α-hetero) is 3. The second kappa shape index (κ2) is 10.3. The van der Waals surface area contributed by atoms with Crippen LogP contribution in [0.4, 0.5) is 5.69 Å². The molecule has 11 heteroatoms. The van der Waals surface area contributed by atoms with E-state index in [1.54, 1.807) is 19.0 Å². The van der Waals surface area contributed by atoms with Gasteiger partial charge in [0.25, 0.3) is 0 Å². The highest BCUT2D eigenvalue weighted by molar-refractivity contribution is 6.25. The lowest BCUT2D eigenvalue weighted by atomic mass is 9.52. The van der Waals surface area contributed by atoms with Crippen LogP contribution in [0.3, 0.4) is 0 Å². The van der Waals surface area contributed by atoms with Crippen molar-refractivity contribution >= 4 is 28.9 Å². The minimum atomic E-state index is -2.67. The Morgan fingerprint density at radius 1 is 1.18 bits per heavy atom. The van der Waals surface area contributed by atoms with E-state index in [4.69, 9.17) is 5.73 Å². The number of benzene rings is 1. The lowest BCUT2D eigenvalue weighted by Gasteiger charge is -2.55. The highest BCUT2D eigenvalue weighted by Gasteiger charge is 2.69. The van der Waals surface area contributed by atoms with E-state index < -0.39 is 64.7 Å². The molecule has 4 rings (SSSR count). The van der Waals surface area contributed by atoms with Crippen LogP contribution in [0, 0.1) is 29.6 Å². The SMILES string of the molecule is CC(C)CNCc1cc(N(C)C)c2c(c1O)C(=O)C1C(=O)[C@@]3(O)C(=O)C(C(N)=O)C(O)[C@H](N(C)C)[C@H]3C[C@H]1C2. The monoisotopic (exact) mass is 544 g/mol. The highest BCUT2D eigenvalue weighted by atomic mass is 16.3. The molecule has 214 valence electrons. The van der Waals surface area contributed by atoms with Gasteiger partial charge in [0.2, 0.25) is 5.91 Å². The number of amides is 1. The van der Waals surface area contributed by atoms with Crippen molar-refractivity contribution in [2.24, 2.45) is 35.3 Å². The molecule has 3 unspecified atom stereocenters. The number of rotatable bonds is 7. The molecule has 11 nitrogen and oxygen atoms in total. The largest absolute Gasteiger partial charge is 0.507 e. The summed E-state index contributed by atoms with van der Waals surface area (Å²) in [6.07, 6.45) is -1.18. The maximum Gasteiger partial charge on any atom is 0.230 e. The van der Waals surface area contributed by atoms with Crippen molar-refractivity contribution in [3.05, 3.63) is 22.8 Å². The number of phenolic OH excluding ortho intramolecular Hbond substituents is 1. The quantitative estimate of drug-likeness (QED) is 0.281. The van der Waals surface area contributed by atoms with E-state index in [0.717, 1.165) is 5.69 Å². The molecule has 3 aliphatic rings. The van der Waals surface area contributed by atoms with Crippen molar-refractivity contribution in [1.29, 1.82) is 0 Å². The number of carbonyl (C=O) groups excluding carboxylic acids is 4. The number of nitrogens with one attached hydrogen (secondary N) is 1. The number of aromatic hydroxyl groups is 1. The van der Waals surface area contributed by atoms with Crippen molar-refractivity contribution in [2.75, 3.05) is 39.6 Å². The molecular weight excluding hydrogens is 504 g/mol. The number of fused-ring (bicyclic) bond motifs is 3. The first-order chi connectivity index (χ1) is 18.1. The smallest absolute Gasteiger partial charge is 0.230 e. The summed E-state index contributed by atoms with van der Waals surface area (Å²) in [5.74, 6) is -8.61. The summed E-state index contributed by atoms with van der Waals surface area (Å²) in [6.45, 7) is 5.11. The van der Waals surface area contributed by atoms with Gasteiger partial charge in [0.1, 0.15) is 11.7 Å². The average molecular weight is 545 g/mol. The fraction of sp³-hybridized carbons (Fsp3) is 0.643. The second-order valence-electron chi connectivity index (χ2n) is 12.1. The Labute approximate surface area is 228 Å². The number of likely N-dealkylation sites (N-methyl/N-ethyl adjacent to an activating group) is 1. The maximum absolute atomic E-state index is 14.0. The molecule has 2 saturated carbocycles. The van der Waals surface area contributed by atoms with Gasteiger partial charge in [-0.25, -0.2) is 0 Å². The summed E-state index contributed by atoms with van der Waals surface area (Å²) in [5, 5.41) is 37.2. The molecule has 0 spiro atoms. The van der Waals surface area contributed by atoms with E-state index in [1.165, 1.54) is 0 Å². The number of aliphatic hydroxyl groups excluding tert-OH is 1. The van der Waals surface area contributed by atoms with E-state index in [2.05, 4.69) is 19.2 Å². The summed E-state index contributed by atoms with van der Waals surface area (Å²) in [7, 11) is 6.91. The number of ketones is 3. The molecule has 1 aromatic rings. The highest BCUT2D eigenvalue weighted by Crippen LogP contribution is 2.52. The minimum absolute atomic E-state index is 0.0260. The van der Waals surface area contributed by atoms with E-state index >= 15 is 0 Å². The standard InChI is InChI=1S/C28H40N4O7/c1-12(2)10-30-11-14-9-17(31(3)4)15-7-13-8-16-21(32(5)6)24(35)20(27(29)38)26(37)28(16,39)25(36)18(13)23(34)19(15)22(14)33/h9,12-13,16,18,20-21,24,30,33,35,39H,7-8,10-11H2,1-6H3,(H2,29,38)/t13-,16-,18?,20?,21-,24?,28-/m1/s1. The van der Waals surface area contributed by atoms with Crippen LogP contribution in [0.15, 0.2) is 6.07 Å². The number of nitrogens with zero attached hydrogens (tertiary/aromatic N) is 2. The van der Waals surface area contributed by atoms with Crippen LogP contribution in [0.25, 0.3) is 0 Å². The molecule has 39 heavy (non-hydrogen) atoms. The Bertz CT molecular complexity index is 1210. The van der Waals surface area contributed by atoms with Gasteiger partial charge in [-0.3, -0.25) is 19.2 Å². The Morgan fingerprint density at radius 2 is 1.82 bits per heavy atom. The van der Waals surface area contributed by atoms with Crippen LogP contribution in [0.1, 0.15) is 41.8 Å². The van der Waals surface area contributed by atoms with Gasteiger partial charge in [0, 0.05) is 43.9 Å². The van der Waals surface area contributed by atoms with Crippen LogP contribution in [-0.4, -0.2) is 96.0 Å². The van der Waals surface area contributed by atoms with E-state index in [0.29, 0.717) is 30.1 Å². The zero-order valence-electron chi connectivity index (χ0n) is 23.4. The fourth-order valence-electron chi connectivity index (χ4n) is 6.95. The summed E-state index contributed by atoms with van der Waals surface area (Å²) in [5.41, 5.74) is 4.63. The molecular formula is C28H40N4O7. The van der Waals surface area contributed by atoms with Crippen molar-refractivity contribution in [3.8, 4) is 5.75 Å². The lowest BCUT2D eigenvalue weighted by Crippen LogP contribution is -2.75. The molecule has 0 aliphatic heterocycles. The zero-order chi connectivity index (χ0) is 29.1. The van der Waals surface area contributed by atoms with Crippen LogP contribution in [0.2, 0.25) is 0 Å². The fourth-order valence-corrected chi connectivity index (χ4v) is 6.95. The number of carbonyl (C=O) groups is 4. The number of primary amides is 1. The van der Waals surface area contributed by atoms with Gasteiger partial charge in [-0.1, -0.05) is 13.8 Å². The summed E-state index contributed by atoms with van der Waals surface area (Å²) < 4.78 is 0. The first-order valence-corrected chi connectivity index (χ1v) is 13.4.